The second-order valence-corrected chi connectivity index (χ2v) is 14.1. The summed E-state index contributed by atoms with van der Waals surface area (Å²) in [5.41, 5.74) is 5.62. The summed E-state index contributed by atoms with van der Waals surface area (Å²) in [6.07, 6.45) is 17.7. The van der Waals surface area contributed by atoms with Crippen LogP contribution in [0.4, 0.5) is 0 Å². The highest BCUT2D eigenvalue weighted by Crippen LogP contribution is 2.43. The molecule has 13 heteroatoms. The minimum Gasteiger partial charge on any atom is -0.472 e. The van der Waals surface area contributed by atoms with Crippen LogP contribution in [0.15, 0.2) is 171 Å². The molecule has 4 heterocycles. The number of furan rings is 3. The van der Waals surface area contributed by atoms with Gasteiger partial charge in [-0.05, 0) is 72.8 Å². The van der Waals surface area contributed by atoms with E-state index in [-0.39, 0.29) is 5.48 Å². The molecule has 3 aromatic carbocycles. The average molecular weight is 783 g/mol. The fraction of sp³-hybridized carbons (Fsp3) is 0.140. The third-order valence-corrected chi connectivity index (χ3v) is 11.3. The lowest BCUT2D eigenvalue weighted by molar-refractivity contribution is -0.104. The standard InChI is InChI=1S/C20H17OP.C7H8N2O.C7H6O2.C5H4O2.C4H10O.H4N2.H2O/c21-16-17-22(18-10-4-1-5-11-18,19-12-6-2-7-13-19)20-14-8-3-9-15-20;1-3-8-9-7(1)6-2-4-10-5-6;8-4-1-2-7-3-5-9-6-7;6-3-5-1-2-7-4-5;1-3-5-4-2;1-2;/h1-17H;2-5,7,9H,1H2;1-6H;1-4H;3-4H2,1-2H3;1-2H2;1H2/b;;2-1+;;;;. The van der Waals surface area contributed by atoms with Gasteiger partial charge in [0.1, 0.15) is 18.8 Å². The Labute approximate surface area is 328 Å². The maximum absolute atomic E-state index is 11.5. The molecule has 0 spiro atoms. The molecule has 7 N–H and O–H groups in total. The number of nitrogens with two attached hydrogens (primary N) is 2. The lowest BCUT2D eigenvalue weighted by Gasteiger charge is -2.27. The van der Waals surface area contributed by atoms with Crippen LogP contribution in [0.5, 0.6) is 0 Å². The van der Waals surface area contributed by atoms with Crippen molar-refractivity contribution in [3.63, 3.8) is 0 Å². The maximum atomic E-state index is 11.5. The Bertz CT molecular complexity index is 1820. The Kier molecular flexibility index (Phi) is 25.8. The lowest BCUT2D eigenvalue weighted by atomic mass is 10.1. The normalized spacial score (nSPS) is 12.0. The number of hydrazone groups is 1. The van der Waals surface area contributed by atoms with Crippen LogP contribution in [0.3, 0.4) is 0 Å². The minimum atomic E-state index is -2.05. The maximum Gasteiger partial charge on any atom is 0.153 e. The van der Waals surface area contributed by atoms with Crippen LogP contribution in [0.1, 0.15) is 47.8 Å². The Morgan fingerprint density at radius 1 is 0.696 bits per heavy atom. The van der Waals surface area contributed by atoms with E-state index in [1.165, 1.54) is 34.5 Å². The molecule has 1 aliphatic rings. The monoisotopic (exact) mass is 782 g/mol. The number of aldehydes is 3. The van der Waals surface area contributed by atoms with E-state index in [1.807, 2.05) is 86.5 Å². The zero-order chi connectivity index (χ0) is 39.8. The molecule has 1 aliphatic heterocycles. The number of hydrogen-bond acceptors (Lipinski definition) is 11. The van der Waals surface area contributed by atoms with Gasteiger partial charge in [0.05, 0.1) is 42.9 Å². The van der Waals surface area contributed by atoms with Crippen LogP contribution in [-0.2, 0) is 14.3 Å². The van der Waals surface area contributed by atoms with E-state index in [9.17, 15) is 14.4 Å². The van der Waals surface area contributed by atoms with Crippen molar-refractivity contribution in [2.75, 3.05) is 13.2 Å². The lowest BCUT2D eigenvalue weighted by Crippen LogP contribution is -2.27. The molecule has 56 heavy (non-hydrogen) atoms. The van der Waals surface area contributed by atoms with E-state index >= 15 is 0 Å². The summed E-state index contributed by atoms with van der Waals surface area (Å²) in [5.74, 6) is 9.85. The molecule has 296 valence electrons. The first-order valence-corrected chi connectivity index (χ1v) is 19.2. The number of carbonyl (C=O) groups excluding carboxylic acids is 3. The van der Waals surface area contributed by atoms with Crippen molar-refractivity contribution < 1.29 is 37.8 Å². The molecule has 1 unspecified atom stereocenters. The highest BCUT2D eigenvalue weighted by atomic mass is 31.2. The molecule has 0 radical (unpaired) electrons. The minimum absolute atomic E-state index is 0. The van der Waals surface area contributed by atoms with Gasteiger partial charge in [0.15, 0.2) is 6.29 Å². The van der Waals surface area contributed by atoms with Crippen molar-refractivity contribution in [1.82, 2.24) is 5.43 Å². The van der Waals surface area contributed by atoms with E-state index in [0.717, 1.165) is 49.6 Å². The van der Waals surface area contributed by atoms with Gasteiger partial charge in [-0.3, -0.25) is 26.1 Å². The Morgan fingerprint density at radius 2 is 1.18 bits per heavy atom. The molecule has 6 aromatic rings. The van der Waals surface area contributed by atoms with Crippen molar-refractivity contribution in [2.24, 2.45) is 16.8 Å². The number of benzene rings is 3. The highest BCUT2D eigenvalue weighted by molar-refractivity contribution is 7.95. The van der Waals surface area contributed by atoms with Gasteiger partial charge in [-0.25, -0.2) is 0 Å². The van der Waals surface area contributed by atoms with Crippen LogP contribution < -0.4 is 33.0 Å². The van der Waals surface area contributed by atoms with Crippen LogP contribution in [0, 0.1) is 0 Å². The molecule has 7 rings (SSSR count). The first-order valence-electron chi connectivity index (χ1n) is 17.3. The van der Waals surface area contributed by atoms with Gasteiger partial charge in [-0.1, -0.05) is 91.0 Å². The van der Waals surface area contributed by atoms with Gasteiger partial charge in [-0.2, -0.15) is 5.10 Å². The Morgan fingerprint density at radius 3 is 1.50 bits per heavy atom. The van der Waals surface area contributed by atoms with Crippen molar-refractivity contribution in [2.45, 2.75) is 26.3 Å². The van der Waals surface area contributed by atoms with Crippen LogP contribution in [-0.4, -0.2) is 49.6 Å². The average Bonchev–Trinajstić information content (AvgIpc) is 4.11. The predicted octanol–water partition coefficient (Wildman–Crippen LogP) is 5.90. The number of carbonyl (C=O) groups is 3. The van der Waals surface area contributed by atoms with Gasteiger partial charge >= 0.3 is 0 Å². The molecule has 0 aliphatic carbocycles. The van der Waals surface area contributed by atoms with E-state index in [2.05, 4.69) is 63.0 Å². The molecule has 0 fully saturated rings. The summed E-state index contributed by atoms with van der Waals surface area (Å²) in [6, 6.07) is 36.6. The number of ether oxygens (including phenoxy) is 1. The number of nitrogens with zero attached hydrogens (tertiary/aromatic N) is 1. The molecule has 3 aromatic heterocycles. The SMILES string of the molecule is C1=NNC(c2ccoc2)C1.CCOCC.NN.O.O=C/C=C/c1ccoc1.O=CC=P(c1ccccc1)(c1ccccc1)c1ccccc1.O=Cc1ccoc1. The Balaban J connectivity index is 0.000000385. The molecule has 0 saturated heterocycles. The Hall–Kier alpha value is -6.14. The van der Waals surface area contributed by atoms with Gasteiger partial charge in [-0.15, -0.1) is 0 Å². The molecule has 0 amide bonds. The van der Waals surface area contributed by atoms with Crippen LogP contribution >= 0.6 is 6.89 Å². The predicted molar refractivity (Wildman–Crippen MR) is 227 cm³/mol. The summed E-state index contributed by atoms with van der Waals surface area (Å²) in [5, 5.41) is 7.49. The zero-order valence-corrected chi connectivity index (χ0v) is 32.4. The first-order chi connectivity index (χ1) is 27.1. The quantitative estimate of drug-likeness (QED) is 0.0493. The molecule has 1 atom stereocenters. The molecular formula is C43H51N4O8P. The van der Waals surface area contributed by atoms with E-state index in [4.69, 9.17) is 13.6 Å². The number of allylic oxidation sites excluding steroid dienone is 1. The smallest absolute Gasteiger partial charge is 0.153 e. The van der Waals surface area contributed by atoms with Gasteiger partial charge in [0.25, 0.3) is 0 Å². The second kappa shape index (κ2) is 30.2. The van der Waals surface area contributed by atoms with Gasteiger partial charge < -0.3 is 28.9 Å². The highest BCUT2D eigenvalue weighted by Gasteiger charge is 2.24. The summed E-state index contributed by atoms with van der Waals surface area (Å²) in [7, 11) is 0. The number of hydrazine groups is 1. The summed E-state index contributed by atoms with van der Waals surface area (Å²) >= 11 is 0. The summed E-state index contributed by atoms with van der Waals surface area (Å²) in [4.78, 5) is 31.1. The zero-order valence-electron chi connectivity index (χ0n) is 31.5. The molecule has 12 nitrogen and oxygen atoms in total. The largest absolute Gasteiger partial charge is 0.472 e. The summed E-state index contributed by atoms with van der Waals surface area (Å²) < 4.78 is 19.1. The van der Waals surface area contributed by atoms with Crippen molar-refractivity contribution in [3.8, 4) is 0 Å². The van der Waals surface area contributed by atoms with Crippen LogP contribution in [0.2, 0.25) is 0 Å². The van der Waals surface area contributed by atoms with Crippen molar-refractivity contribution in [3.05, 3.63) is 170 Å². The van der Waals surface area contributed by atoms with Gasteiger partial charge in [0, 0.05) is 37.0 Å². The number of rotatable bonds is 10. The molecule has 0 bridgehead atoms. The fourth-order valence-electron chi connectivity index (χ4n) is 4.89. The van der Waals surface area contributed by atoms with Gasteiger partial charge in [0.2, 0.25) is 0 Å². The van der Waals surface area contributed by atoms with E-state index in [0.29, 0.717) is 11.6 Å². The second-order valence-electron chi connectivity index (χ2n) is 10.8. The summed E-state index contributed by atoms with van der Waals surface area (Å²) in [6.45, 7) is 3.62. The molecule has 0 saturated carbocycles. The first kappa shape index (κ1) is 47.9. The van der Waals surface area contributed by atoms with Crippen molar-refractivity contribution >= 4 is 59.7 Å². The van der Waals surface area contributed by atoms with Crippen molar-refractivity contribution in [1.29, 1.82) is 0 Å². The van der Waals surface area contributed by atoms with E-state index < -0.39 is 6.89 Å². The number of hydrogen-bond donors (Lipinski definition) is 3. The molecular weight excluding hydrogens is 731 g/mol. The third kappa shape index (κ3) is 16.5. The third-order valence-electron chi connectivity index (χ3n) is 7.38. The van der Waals surface area contributed by atoms with E-state index in [1.54, 1.807) is 43.3 Å². The van der Waals surface area contributed by atoms with Crippen LogP contribution in [0.25, 0.3) is 6.08 Å². The fourth-order valence-corrected chi connectivity index (χ4v) is 8.41. The topological polar surface area (TPSA) is 208 Å². The number of nitrogens with one attached hydrogen (secondary N) is 1.